The normalized spacial score (nSPS) is 48.1. The van der Waals surface area contributed by atoms with Crippen molar-refractivity contribution in [2.75, 3.05) is 0 Å². The van der Waals surface area contributed by atoms with Gasteiger partial charge in [0.1, 0.15) is 0 Å². The third-order valence-electron chi connectivity index (χ3n) is 12.2. The molecule has 0 aromatic carbocycles. The first-order valence-electron chi connectivity index (χ1n) is 13.6. The Kier molecular flexibility index (Phi) is 6.18. The van der Waals surface area contributed by atoms with Gasteiger partial charge < -0.3 is 10.2 Å². The molecule has 0 radical (unpaired) electrons. The van der Waals surface area contributed by atoms with Crippen molar-refractivity contribution in [2.45, 2.75) is 99.3 Å². The molecule has 9 atom stereocenters. The second kappa shape index (κ2) is 8.23. The summed E-state index contributed by atoms with van der Waals surface area (Å²) >= 11 is 0. The standard InChI is InChI=1S/C30H46O4/c1-18(2)21-11-14-29(7)23(27(21,5)13-12-24(31)32)9-8-22-25-20(4)19(3)10-15-30(25,26(33)34)17-16-28(22,29)6/h8,19-21,23,25H,1,9-17H2,2-7H3,(H,31,32)(H,33,34)/t19-,20+,21+,23-,25+,27+,28-,29-,30+/m1/s1. The van der Waals surface area contributed by atoms with E-state index in [1.807, 2.05) is 0 Å². The molecule has 4 nitrogen and oxygen atoms in total. The molecule has 34 heavy (non-hydrogen) atoms. The fourth-order valence-electron chi connectivity index (χ4n) is 9.76. The molecular formula is C30H46O4. The second-order valence-electron chi connectivity index (χ2n) is 13.3. The summed E-state index contributed by atoms with van der Waals surface area (Å²) < 4.78 is 0. The molecule has 0 aromatic rings. The Hall–Kier alpha value is -1.58. The Morgan fingerprint density at radius 2 is 1.74 bits per heavy atom. The van der Waals surface area contributed by atoms with Gasteiger partial charge in [0.2, 0.25) is 0 Å². The van der Waals surface area contributed by atoms with Crippen molar-refractivity contribution in [3.05, 3.63) is 23.8 Å². The topological polar surface area (TPSA) is 74.6 Å². The molecule has 4 heteroatoms. The minimum absolute atomic E-state index is 0.0291. The van der Waals surface area contributed by atoms with Crippen molar-refractivity contribution in [2.24, 2.45) is 51.2 Å². The predicted octanol–water partition coefficient (Wildman–Crippen LogP) is 7.35. The minimum Gasteiger partial charge on any atom is -0.481 e. The Morgan fingerprint density at radius 3 is 2.32 bits per heavy atom. The van der Waals surface area contributed by atoms with Gasteiger partial charge in [-0.05, 0) is 104 Å². The van der Waals surface area contributed by atoms with Gasteiger partial charge in [-0.3, -0.25) is 9.59 Å². The Morgan fingerprint density at radius 1 is 1.06 bits per heavy atom. The van der Waals surface area contributed by atoms with E-state index in [-0.39, 0.29) is 28.6 Å². The van der Waals surface area contributed by atoms with E-state index in [1.165, 1.54) is 11.1 Å². The van der Waals surface area contributed by atoms with E-state index in [0.29, 0.717) is 30.1 Å². The summed E-state index contributed by atoms with van der Waals surface area (Å²) in [5.41, 5.74) is 1.85. The van der Waals surface area contributed by atoms with E-state index < -0.39 is 17.4 Å². The van der Waals surface area contributed by atoms with Gasteiger partial charge in [0.15, 0.2) is 0 Å². The quantitative estimate of drug-likeness (QED) is 0.412. The second-order valence-corrected chi connectivity index (χ2v) is 13.3. The average molecular weight is 471 g/mol. The summed E-state index contributed by atoms with van der Waals surface area (Å²) in [7, 11) is 0. The Balaban J connectivity index is 1.83. The van der Waals surface area contributed by atoms with E-state index in [4.69, 9.17) is 0 Å². The highest BCUT2D eigenvalue weighted by atomic mass is 16.4. The molecule has 3 fully saturated rings. The number of allylic oxidation sites excluding steroid dienone is 3. The van der Waals surface area contributed by atoms with E-state index in [1.54, 1.807) is 0 Å². The summed E-state index contributed by atoms with van der Waals surface area (Å²) in [5.74, 6) is 0.391. The zero-order valence-corrected chi connectivity index (χ0v) is 22.2. The lowest BCUT2D eigenvalue weighted by Crippen LogP contribution is -2.62. The minimum atomic E-state index is -0.721. The van der Waals surface area contributed by atoms with E-state index in [9.17, 15) is 19.8 Å². The average Bonchev–Trinajstić information content (AvgIpc) is 2.75. The van der Waals surface area contributed by atoms with Crippen LogP contribution in [-0.4, -0.2) is 22.2 Å². The molecule has 3 saturated carbocycles. The number of carboxylic acids is 2. The number of carboxylic acid groups (broad SMARTS) is 2. The van der Waals surface area contributed by atoms with Crippen molar-refractivity contribution < 1.29 is 19.8 Å². The van der Waals surface area contributed by atoms with Gasteiger partial charge in [-0.2, -0.15) is 0 Å². The monoisotopic (exact) mass is 470 g/mol. The number of hydrogen-bond donors (Lipinski definition) is 2. The molecule has 0 heterocycles. The molecule has 0 aliphatic heterocycles. The van der Waals surface area contributed by atoms with Gasteiger partial charge in [0.25, 0.3) is 0 Å². The molecule has 0 aromatic heterocycles. The number of carbonyl (C=O) groups is 2. The molecule has 0 bridgehead atoms. The van der Waals surface area contributed by atoms with Crippen molar-refractivity contribution in [3.63, 3.8) is 0 Å². The highest BCUT2D eigenvalue weighted by Gasteiger charge is 2.67. The summed E-state index contributed by atoms with van der Waals surface area (Å²) in [6, 6.07) is 0. The molecule has 190 valence electrons. The highest BCUT2D eigenvalue weighted by Crippen LogP contribution is 2.74. The first-order valence-corrected chi connectivity index (χ1v) is 13.6. The van der Waals surface area contributed by atoms with Crippen LogP contribution >= 0.6 is 0 Å². The van der Waals surface area contributed by atoms with Crippen LogP contribution in [0.15, 0.2) is 23.8 Å². The zero-order valence-electron chi connectivity index (χ0n) is 22.2. The lowest BCUT2D eigenvalue weighted by molar-refractivity contribution is -0.174. The van der Waals surface area contributed by atoms with Crippen LogP contribution in [0.1, 0.15) is 99.3 Å². The van der Waals surface area contributed by atoms with Crippen LogP contribution in [0.25, 0.3) is 0 Å². The number of fused-ring (bicyclic) bond motifs is 5. The van der Waals surface area contributed by atoms with Crippen LogP contribution in [-0.2, 0) is 9.59 Å². The van der Waals surface area contributed by atoms with Gasteiger partial charge >= 0.3 is 11.9 Å². The van der Waals surface area contributed by atoms with Crippen LogP contribution in [0, 0.1) is 51.2 Å². The maximum Gasteiger partial charge on any atom is 0.310 e. The first kappa shape index (κ1) is 25.5. The van der Waals surface area contributed by atoms with E-state index in [2.05, 4.69) is 54.2 Å². The summed E-state index contributed by atoms with van der Waals surface area (Å²) in [6.45, 7) is 18.3. The fourth-order valence-corrected chi connectivity index (χ4v) is 9.76. The van der Waals surface area contributed by atoms with Gasteiger partial charge in [0.05, 0.1) is 5.41 Å². The summed E-state index contributed by atoms with van der Waals surface area (Å²) in [4.78, 5) is 24.4. The van der Waals surface area contributed by atoms with Crippen LogP contribution in [0.3, 0.4) is 0 Å². The largest absolute Gasteiger partial charge is 0.481 e. The molecule has 0 amide bonds. The van der Waals surface area contributed by atoms with Crippen LogP contribution in [0.2, 0.25) is 0 Å². The van der Waals surface area contributed by atoms with Crippen molar-refractivity contribution in [1.29, 1.82) is 0 Å². The fraction of sp³-hybridized carbons (Fsp3) is 0.800. The molecule has 4 aliphatic carbocycles. The summed E-state index contributed by atoms with van der Waals surface area (Å²) in [6.07, 6.45) is 9.86. The summed E-state index contributed by atoms with van der Waals surface area (Å²) in [5, 5.41) is 20.1. The lowest BCUT2D eigenvalue weighted by Gasteiger charge is -2.69. The van der Waals surface area contributed by atoms with Crippen LogP contribution < -0.4 is 0 Å². The maximum absolute atomic E-state index is 12.8. The smallest absolute Gasteiger partial charge is 0.310 e. The number of hydrogen-bond acceptors (Lipinski definition) is 2. The molecule has 4 aliphatic rings. The lowest BCUT2D eigenvalue weighted by atomic mass is 9.35. The Bertz CT molecular complexity index is 919. The molecule has 0 spiro atoms. The molecular weight excluding hydrogens is 424 g/mol. The zero-order chi connectivity index (χ0) is 25.3. The van der Waals surface area contributed by atoms with Gasteiger partial charge in [-0.25, -0.2) is 0 Å². The highest BCUT2D eigenvalue weighted by molar-refractivity contribution is 5.76. The number of rotatable bonds is 5. The van der Waals surface area contributed by atoms with Gasteiger partial charge in [0, 0.05) is 6.42 Å². The third-order valence-corrected chi connectivity index (χ3v) is 12.2. The first-order chi connectivity index (χ1) is 15.7. The molecule has 0 unspecified atom stereocenters. The van der Waals surface area contributed by atoms with Gasteiger partial charge in [-0.1, -0.05) is 58.4 Å². The van der Waals surface area contributed by atoms with Crippen molar-refractivity contribution in [3.8, 4) is 0 Å². The van der Waals surface area contributed by atoms with E-state index in [0.717, 1.165) is 44.9 Å². The third kappa shape index (κ3) is 3.29. The van der Waals surface area contributed by atoms with Gasteiger partial charge in [-0.15, -0.1) is 0 Å². The molecule has 2 N–H and O–H groups in total. The Labute approximate surface area is 206 Å². The van der Waals surface area contributed by atoms with Crippen molar-refractivity contribution >= 4 is 11.9 Å². The molecule has 0 saturated heterocycles. The van der Waals surface area contributed by atoms with Crippen LogP contribution in [0.5, 0.6) is 0 Å². The van der Waals surface area contributed by atoms with E-state index >= 15 is 0 Å². The van der Waals surface area contributed by atoms with Crippen molar-refractivity contribution in [1.82, 2.24) is 0 Å². The predicted molar refractivity (Wildman–Crippen MR) is 135 cm³/mol. The molecule has 4 rings (SSSR count). The number of aliphatic carboxylic acids is 2. The SMILES string of the molecule is C=C(C)[C@@H]1CC[C@]2(C)[C@H](CC=C3[C@@H]4[C@@H](C)[C@H](C)CC[C@]4(C(=O)O)CC[C@]32C)[C@@]1(C)CCC(=O)O. The van der Waals surface area contributed by atoms with Crippen LogP contribution in [0.4, 0.5) is 0 Å². The maximum atomic E-state index is 12.8.